The Bertz CT molecular complexity index is 795. The Balaban J connectivity index is 1.63. The van der Waals surface area contributed by atoms with E-state index in [9.17, 15) is 9.00 Å². The van der Waals surface area contributed by atoms with Gasteiger partial charge in [-0.1, -0.05) is 12.1 Å². The SMILES string of the molecule is CC(C)(C)OC(=O)N1CCC(S(=O)c2cnc3ccccc3n2)CC1. The summed E-state index contributed by atoms with van der Waals surface area (Å²) < 4.78 is 18.2. The van der Waals surface area contributed by atoms with Crippen molar-refractivity contribution in [3.63, 3.8) is 0 Å². The van der Waals surface area contributed by atoms with E-state index in [2.05, 4.69) is 9.97 Å². The highest BCUT2D eigenvalue weighted by atomic mass is 32.2. The van der Waals surface area contributed by atoms with Gasteiger partial charge in [-0.15, -0.1) is 0 Å². The zero-order valence-corrected chi connectivity index (χ0v) is 15.6. The van der Waals surface area contributed by atoms with Crippen molar-refractivity contribution >= 4 is 27.9 Å². The average molecular weight is 361 g/mol. The molecule has 0 saturated carbocycles. The first-order valence-electron chi connectivity index (χ1n) is 8.44. The second-order valence-corrected chi connectivity index (χ2v) is 8.84. The van der Waals surface area contributed by atoms with Crippen LogP contribution in [0.3, 0.4) is 0 Å². The summed E-state index contributed by atoms with van der Waals surface area (Å²) in [6, 6.07) is 7.55. The normalized spacial score (nSPS) is 17.5. The van der Waals surface area contributed by atoms with Gasteiger partial charge in [-0.2, -0.15) is 0 Å². The van der Waals surface area contributed by atoms with Crippen LogP contribution in [0.15, 0.2) is 35.5 Å². The van der Waals surface area contributed by atoms with Gasteiger partial charge in [-0.3, -0.25) is 9.19 Å². The van der Waals surface area contributed by atoms with Crippen LogP contribution in [0.1, 0.15) is 33.6 Å². The van der Waals surface area contributed by atoms with E-state index in [0.29, 0.717) is 31.0 Å². The molecule has 1 saturated heterocycles. The zero-order chi connectivity index (χ0) is 18.0. The summed E-state index contributed by atoms with van der Waals surface area (Å²) in [5, 5.41) is 0.489. The zero-order valence-electron chi connectivity index (χ0n) is 14.8. The van der Waals surface area contributed by atoms with Crippen LogP contribution in [0.5, 0.6) is 0 Å². The maximum absolute atomic E-state index is 12.8. The summed E-state index contributed by atoms with van der Waals surface area (Å²) in [5.41, 5.74) is 1.04. The standard InChI is InChI=1S/C18H23N3O3S/c1-18(2,3)24-17(22)21-10-8-13(9-11-21)25(23)16-12-19-14-6-4-5-7-15(14)20-16/h4-7,12-13H,8-11H2,1-3H3. The summed E-state index contributed by atoms with van der Waals surface area (Å²) >= 11 is 0. The third-order valence-corrected chi connectivity index (χ3v) is 5.71. The van der Waals surface area contributed by atoms with Crippen molar-refractivity contribution < 1.29 is 13.7 Å². The Hall–Kier alpha value is -2.02. The molecule has 0 N–H and O–H groups in total. The third-order valence-electron chi connectivity index (χ3n) is 4.03. The first-order chi connectivity index (χ1) is 11.8. The number of benzene rings is 1. The van der Waals surface area contributed by atoms with E-state index in [1.165, 1.54) is 0 Å². The van der Waals surface area contributed by atoms with Crippen LogP contribution in [0.2, 0.25) is 0 Å². The van der Waals surface area contributed by atoms with Crippen LogP contribution in [0.25, 0.3) is 11.0 Å². The first-order valence-corrected chi connectivity index (χ1v) is 9.65. The highest BCUT2D eigenvalue weighted by Crippen LogP contribution is 2.22. The first kappa shape index (κ1) is 17.8. The Morgan fingerprint density at radius 3 is 2.48 bits per heavy atom. The fraction of sp³-hybridized carbons (Fsp3) is 0.500. The van der Waals surface area contributed by atoms with Gasteiger partial charge >= 0.3 is 6.09 Å². The van der Waals surface area contributed by atoms with Crippen molar-refractivity contribution in [3.05, 3.63) is 30.5 Å². The molecule has 1 fully saturated rings. The van der Waals surface area contributed by atoms with Gasteiger partial charge in [0, 0.05) is 18.3 Å². The largest absolute Gasteiger partial charge is 0.444 e. The maximum Gasteiger partial charge on any atom is 0.410 e. The predicted octanol–water partition coefficient (Wildman–Crippen LogP) is 3.14. The summed E-state index contributed by atoms with van der Waals surface area (Å²) in [4.78, 5) is 22.6. The number of fused-ring (bicyclic) bond motifs is 1. The van der Waals surface area contributed by atoms with Crippen LogP contribution in [0.4, 0.5) is 4.79 Å². The molecular formula is C18H23N3O3S. The Morgan fingerprint density at radius 2 is 1.84 bits per heavy atom. The lowest BCUT2D eigenvalue weighted by atomic mass is 10.1. The minimum atomic E-state index is -1.23. The predicted molar refractivity (Wildman–Crippen MR) is 96.8 cm³/mol. The topological polar surface area (TPSA) is 72.4 Å². The van der Waals surface area contributed by atoms with E-state index >= 15 is 0 Å². The molecule has 25 heavy (non-hydrogen) atoms. The van der Waals surface area contributed by atoms with Crippen molar-refractivity contribution in [2.24, 2.45) is 0 Å². The molecule has 0 radical (unpaired) electrons. The molecular weight excluding hydrogens is 338 g/mol. The van der Waals surface area contributed by atoms with Crippen LogP contribution >= 0.6 is 0 Å². The van der Waals surface area contributed by atoms with Gasteiger partial charge in [0.25, 0.3) is 0 Å². The van der Waals surface area contributed by atoms with E-state index in [0.717, 1.165) is 11.0 Å². The summed E-state index contributed by atoms with van der Waals surface area (Å²) in [5.74, 6) is 0. The minimum absolute atomic E-state index is 0.0193. The molecule has 1 unspecified atom stereocenters. The number of para-hydroxylation sites is 2. The Kier molecular flexibility index (Phi) is 5.03. The summed E-state index contributed by atoms with van der Waals surface area (Å²) in [6.07, 6.45) is 2.63. The molecule has 1 atom stereocenters. The molecule has 7 heteroatoms. The monoisotopic (exact) mass is 361 g/mol. The number of piperidine rings is 1. The van der Waals surface area contributed by atoms with Gasteiger partial charge < -0.3 is 9.64 Å². The number of hydrogen-bond donors (Lipinski definition) is 0. The van der Waals surface area contributed by atoms with Gasteiger partial charge in [0.1, 0.15) is 10.6 Å². The van der Waals surface area contributed by atoms with Crippen molar-refractivity contribution in [3.8, 4) is 0 Å². The van der Waals surface area contributed by atoms with Gasteiger partial charge in [0.2, 0.25) is 0 Å². The maximum atomic E-state index is 12.8. The molecule has 134 valence electrons. The summed E-state index contributed by atoms with van der Waals surface area (Å²) in [6.45, 7) is 6.65. The molecule has 0 spiro atoms. The average Bonchev–Trinajstić information content (AvgIpc) is 2.59. The number of nitrogens with zero attached hydrogens (tertiary/aromatic N) is 3. The second kappa shape index (κ2) is 7.07. The molecule has 1 aliphatic rings. The number of carbonyl (C=O) groups excluding carboxylic acids is 1. The third kappa shape index (κ3) is 4.34. The Morgan fingerprint density at radius 1 is 1.20 bits per heavy atom. The number of carbonyl (C=O) groups is 1. The number of rotatable bonds is 2. The van der Waals surface area contributed by atoms with Gasteiger partial charge in [-0.05, 0) is 45.7 Å². The van der Waals surface area contributed by atoms with Gasteiger partial charge in [0.05, 0.1) is 28.0 Å². The van der Waals surface area contributed by atoms with Crippen LogP contribution in [-0.4, -0.2) is 49.1 Å². The smallest absolute Gasteiger partial charge is 0.410 e. The quantitative estimate of drug-likeness (QED) is 0.822. The molecule has 1 aromatic carbocycles. The molecule has 2 heterocycles. The molecule has 1 aromatic heterocycles. The van der Waals surface area contributed by atoms with E-state index < -0.39 is 16.4 Å². The van der Waals surface area contributed by atoms with Crippen LogP contribution < -0.4 is 0 Å². The van der Waals surface area contributed by atoms with Gasteiger partial charge in [0.15, 0.2) is 0 Å². The molecule has 3 rings (SSSR count). The van der Waals surface area contributed by atoms with Crippen molar-refractivity contribution in [2.45, 2.75) is 49.5 Å². The number of ether oxygens (including phenoxy) is 1. The van der Waals surface area contributed by atoms with E-state index in [1.807, 2.05) is 45.0 Å². The van der Waals surface area contributed by atoms with Crippen LogP contribution in [-0.2, 0) is 15.5 Å². The number of hydrogen-bond acceptors (Lipinski definition) is 5. The van der Waals surface area contributed by atoms with Crippen molar-refractivity contribution in [1.82, 2.24) is 14.9 Å². The van der Waals surface area contributed by atoms with E-state index in [-0.39, 0.29) is 11.3 Å². The van der Waals surface area contributed by atoms with Gasteiger partial charge in [-0.25, -0.2) is 9.78 Å². The molecule has 2 aromatic rings. The highest BCUT2D eigenvalue weighted by Gasteiger charge is 2.30. The number of aromatic nitrogens is 2. The highest BCUT2D eigenvalue weighted by molar-refractivity contribution is 7.85. The molecule has 0 bridgehead atoms. The van der Waals surface area contributed by atoms with Crippen LogP contribution in [0, 0.1) is 0 Å². The second-order valence-electron chi connectivity index (χ2n) is 7.16. The van der Waals surface area contributed by atoms with E-state index in [4.69, 9.17) is 4.74 Å². The molecule has 1 aliphatic heterocycles. The van der Waals surface area contributed by atoms with Crippen molar-refractivity contribution in [2.75, 3.05) is 13.1 Å². The fourth-order valence-corrected chi connectivity index (χ4v) is 4.11. The van der Waals surface area contributed by atoms with E-state index in [1.54, 1.807) is 11.1 Å². The lowest BCUT2D eigenvalue weighted by molar-refractivity contribution is 0.0218. The Labute approximate surface area is 150 Å². The lowest BCUT2D eigenvalue weighted by Gasteiger charge is -2.32. The fourth-order valence-electron chi connectivity index (χ4n) is 2.79. The number of likely N-dealkylation sites (tertiary alicyclic amines) is 1. The van der Waals surface area contributed by atoms with Crippen molar-refractivity contribution in [1.29, 1.82) is 0 Å². The molecule has 6 nitrogen and oxygen atoms in total. The minimum Gasteiger partial charge on any atom is -0.444 e. The summed E-state index contributed by atoms with van der Waals surface area (Å²) in [7, 11) is -1.23. The lowest BCUT2D eigenvalue weighted by Crippen LogP contribution is -2.43. The molecule has 0 aliphatic carbocycles. The molecule has 1 amide bonds. The number of amides is 1.